The predicted octanol–water partition coefficient (Wildman–Crippen LogP) is 0.763. The summed E-state index contributed by atoms with van der Waals surface area (Å²) in [5.74, 6) is 0.123. The van der Waals surface area contributed by atoms with Crippen LogP contribution in [0.15, 0.2) is 36.7 Å². The first-order valence-electron chi connectivity index (χ1n) is 8.60. The van der Waals surface area contributed by atoms with Crippen LogP contribution in [0, 0.1) is 0 Å². The number of carbonyl (C=O) groups excluding carboxylic acids is 1. The monoisotopic (exact) mass is 326 g/mol. The zero-order valence-electron chi connectivity index (χ0n) is 13.7. The van der Waals surface area contributed by atoms with Crippen LogP contribution in [-0.4, -0.2) is 68.1 Å². The largest absolute Gasteiger partial charge is 0.338 e. The molecule has 2 saturated heterocycles. The number of hydrogen-bond donors (Lipinski definition) is 0. The Kier molecular flexibility index (Phi) is 4.25. The fourth-order valence-corrected chi connectivity index (χ4v) is 3.84. The lowest BCUT2D eigenvalue weighted by molar-refractivity contribution is -0.137. The highest BCUT2D eigenvalue weighted by Gasteiger charge is 2.35. The quantitative estimate of drug-likeness (QED) is 0.830. The Hall–Kier alpha value is -2.28. The van der Waals surface area contributed by atoms with Crippen LogP contribution < -0.4 is 0 Å². The summed E-state index contributed by atoms with van der Waals surface area (Å²) in [7, 11) is 0. The normalized spacial score (nSPS) is 22.3. The van der Waals surface area contributed by atoms with Crippen molar-refractivity contribution in [2.45, 2.75) is 31.3 Å². The first-order valence-corrected chi connectivity index (χ1v) is 8.60. The van der Waals surface area contributed by atoms with Crippen LogP contribution >= 0.6 is 0 Å². The van der Waals surface area contributed by atoms with Gasteiger partial charge in [0, 0.05) is 32.1 Å². The number of nitrogens with zero attached hydrogens (tertiary/aromatic N) is 6. The minimum atomic E-state index is -0.379. The van der Waals surface area contributed by atoms with Crippen molar-refractivity contribution in [1.82, 2.24) is 30.0 Å². The van der Waals surface area contributed by atoms with Crippen LogP contribution in [0.1, 0.15) is 24.4 Å². The highest BCUT2D eigenvalue weighted by atomic mass is 16.2. The molecule has 24 heavy (non-hydrogen) atoms. The van der Waals surface area contributed by atoms with Crippen molar-refractivity contribution in [3.63, 3.8) is 0 Å². The number of rotatable bonds is 4. The summed E-state index contributed by atoms with van der Waals surface area (Å²) < 4.78 is 1.59. The molecule has 2 aliphatic rings. The third-order valence-corrected chi connectivity index (χ3v) is 5.14. The van der Waals surface area contributed by atoms with Gasteiger partial charge >= 0.3 is 0 Å². The van der Waals surface area contributed by atoms with Crippen LogP contribution in [0.4, 0.5) is 0 Å². The molecule has 0 unspecified atom stereocenters. The SMILES string of the molecule is O=C([C@H](Cc1ccccc1)n1cnnn1)N1CCN2CCC[C@@H]2C1. The lowest BCUT2D eigenvalue weighted by atomic mass is 10.0. The predicted molar refractivity (Wildman–Crippen MR) is 88.2 cm³/mol. The molecule has 1 aromatic carbocycles. The molecule has 2 atom stereocenters. The van der Waals surface area contributed by atoms with Gasteiger partial charge in [-0.15, -0.1) is 5.10 Å². The smallest absolute Gasteiger partial charge is 0.248 e. The highest BCUT2D eigenvalue weighted by Crippen LogP contribution is 2.24. The maximum Gasteiger partial charge on any atom is 0.248 e. The molecule has 1 amide bonds. The van der Waals surface area contributed by atoms with Crippen LogP contribution in [0.25, 0.3) is 0 Å². The van der Waals surface area contributed by atoms with Gasteiger partial charge in [-0.1, -0.05) is 30.3 Å². The van der Waals surface area contributed by atoms with Gasteiger partial charge in [0.1, 0.15) is 12.4 Å². The van der Waals surface area contributed by atoms with Gasteiger partial charge in [0.15, 0.2) is 0 Å². The van der Waals surface area contributed by atoms with E-state index in [2.05, 4.69) is 20.4 Å². The summed E-state index contributed by atoms with van der Waals surface area (Å²) >= 11 is 0. The fraction of sp³-hybridized carbons (Fsp3) is 0.529. The molecule has 0 radical (unpaired) electrons. The zero-order chi connectivity index (χ0) is 16.4. The van der Waals surface area contributed by atoms with Crippen molar-refractivity contribution in [2.24, 2.45) is 0 Å². The van der Waals surface area contributed by atoms with Gasteiger partial charge in [-0.3, -0.25) is 9.69 Å². The van der Waals surface area contributed by atoms with Gasteiger partial charge < -0.3 is 4.90 Å². The van der Waals surface area contributed by atoms with E-state index in [9.17, 15) is 4.79 Å². The van der Waals surface area contributed by atoms with Gasteiger partial charge in [0.05, 0.1) is 0 Å². The molecule has 0 spiro atoms. The Morgan fingerprint density at radius 1 is 1.21 bits per heavy atom. The molecule has 2 aromatic rings. The highest BCUT2D eigenvalue weighted by molar-refractivity contribution is 5.80. The first-order chi connectivity index (χ1) is 11.8. The Morgan fingerprint density at radius 3 is 2.88 bits per heavy atom. The number of aromatic nitrogens is 4. The number of carbonyl (C=O) groups is 1. The van der Waals surface area contributed by atoms with E-state index in [1.807, 2.05) is 35.2 Å². The number of amides is 1. The molecule has 3 heterocycles. The number of tetrazole rings is 1. The van der Waals surface area contributed by atoms with Crippen molar-refractivity contribution in [3.8, 4) is 0 Å². The second-order valence-electron chi connectivity index (χ2n) is 6.61. The lowest BCUT2D eigenvalue weighted by Crippen LogP contribution is -2.53. The van der Waals surface area contributed by atoms with Crippen molar-refractivity contribution >= 4 is 5.91 Å². The first kappa shape index (κ1) is 15.3. The van der Waals surface area contributed by atoms with E-state index in [4.69, 9.17) is 0 Å². The third kappa shape index (κ3) is 3.03. The molecule has 0 bridgehead atoms. The maximum atomic E-state index is 13.2. The van der Waals surface area contributed by atoms with E-state index in [1.54, 1.807) is 4.68 Å². The van der Waals surface area contributed by atoms with Gasteiger partial charge in [0.2, 0.25) is 5.91 Å². The number of benzene rings is 1. The summed E-state index contributed by atoms with van der Waals surface area (Å²) in [6.07, 6.45) is 4.58. The molecule has 7 heteroatoms. The topological polar surface area (TPSA) is 67.2 Å². The molecular formula is C17H22N6O. The Morgan fingerprint density at radius 2 is 2.08 bits per heavy atom. The molecule has 7 nitrogen and oxygen atoms in total. The van der Waals surface area contributed by atoms with Crippen LogP contribution in [-0.2, 0) is 11.2 Å². The van der Waals surface area contributed by atoms with E-state index in [1.165, 1.54) is 25.7 Å². The van der Waals surface area contributed by atoms with E-state index in [0.717, 1.165) is 25.2 Å². The third-order valence-electron chi connectivity index (χ3n) is 5.14. The molecule has 126 valence electrons. The Balaban J connectivity index is 1.53. The van der Waals surface area contributed by atoms with E-state index >= 15 is 0 Å². The standard InChI is InChI=1S/C17H22N6O/c24-17(22-10-9-21-8-4-7-15(21)12-22)16(23-13-18-19-20-23)11-14-5-2-1-3-6-14/h1-3,5-6,13,15-16H,4,7-12H2/t15-,16+/m1/s1. The molecule has 4 rings (SSSR count). The average Bonchev–Trinajstić information content (AvgIpc) is 3.30. The van der Waals surface area contributed by atoms with Crippen LogP contribution in [0.2, 0.25) is 0 Å². The molecule has 0 N–H and O–H groups in total. The van der Waals surface area contributed by atoms with Gasteiger partial charge in [0.25, 0.3) is 0 Å². The van der Waals surface area contributed by atoms with Crippen LogP contribution in [0.3, 0.4) is 0 Å². The van der Waals surface area contributed by atoms with E-state index < -0.39 is 0 Å². The summed E-state index contributed by atoms with van der Waals surface area (Å²) in [6.45, 7) is 3.77. The molecule has 2 aliphatic heterocycles. The molecule has 2 fully saturated rings. The minimum absolute atomic E-state index is 0.123. The number of hydrogen-bond acceptors (Lipinski definition) is 5. The molecule has 0 saturated carbocycles. The van der Waals surface area contributed by atoms with Crippen molar-refractivity contribution in [3.05, 3.63) is 42.2 Å². The summed E-state index contributed by atoms with van der Waals surface area (Å²) in [4.78, 5) is 17.7. The summed E-state index contributed by atoms with van der Waals surface area (Å²) in [5.41, 5.74) is 1.12. The van der Waals surface area contributed by atoms with Crippen LogP contribution in [0.5, 0.6) is 0 Å². The van der Waals surface area contributed by atoms with Crippen molar-refractivity contribution in [2.75, 3.05) is 26.2 Å². The maximum absolute atomic E-state index is 13.2. The second-order valence-corrected chi connectivity index (χ2v) is 6.61. The van der Waals surface area contributed by atoms with Crippen molar-refractivity contribution < 1.29 is 4.79 Å². The van der Waals surface area contributed by atoms with Gasteiger partial charge in [-0.05, 0) is 35.4 Å². The summed E-state index contributed by atoms with van der Waals surface area (Å²) in [6, 6.07) is 10.2. The number of piperazine rings is 1. The summed E-state index contributed by atoms with van der Waals surface area (Å²) in [5, 5.41) is 11.4. The molecule has 0 aliphatic carbocycles. The zero-order valence-corrected chi connectivity index (χ0v) is 13.7. The van der Waals surface area contributed by atoms with Gasteiger partial charge in [-0.25, -0.2) is 4.68 Å². The van der Waals surface area contributed by atoms with Gasteiger partial charge in [-0.2, -0.15) is 0 Å². The number of fused-ring (bicyclic) bond motifs is 1. The van der Waals surface area contributed by atoms with E-state index in [0.29, 0.717) is 12.5 Å². The Bertz CT molecular complexity index is 674. The lowest BCUT2D eigenvalue weighted by Gasteiger charge is -2.38. The molecule has 1 aromatic heterocycles. The van der Waals surface area contributed by atoms with Crippen molar-refractivity contribution in [1.29, 1.82) is 0 Å². The Labute approximate surface area is 141 Å². The molecular weight excluding hydrogens is 304 g/mol. The fourth-order valence-electron chi connectivity index (χ4n) is 3.84. The average molecular weight is 326 g/mol. The van der Waals surface area contributed by atoms with E-state index in [-0.39, 0.29) is 11.9 Å². The second kappa shape index (κ2) is 6.68. The minimum Gasteiger partial charge on any atom is -0.338 e.